The van der Waals surface area contributed by atoms with E-state index in [4.69, 9.17) is 4.74 Å². The molecule has 0 spiro atoms. The zero-order chi connectivity index (χ0) is 14.6. The Labute approximate surface area is 134 Å². The van der Waals surface area contributed by atoms with Gasteiger partial charge in [0, 0.05) is 13.0 Å². The van der Waals surface area contributed by atoms with Crippen LogP contribution in [0.2, 0.25) is 0 Å². The van der Waals surface area contributed by atoms with E-state index in [1.807, 2.05) is 37.4 Å². The SMILES string of the molecule is CNCCCC(=O)NCC(C)COCc1ccccc1.Cl. The number of nitrogens with one attached hydrogen (secondary N) is 2. The molecule has 0 saturated carbocycles. The molecule has 1 rings (SSSR count). The van der Waals surface area contributed by atoms with Gasteiger partial charge >= 0.3 is 0 Å². The predicted molar refractivity (Wildman–Crippen MR) is 88.7 cm³/mol. The van der Waals surface area contributed by atoms with Gasteiger partial charge in [-0.15, -0.1) is 12.4 Å². The summed E-state index contributed by atoms with van der Waals surface area (Å²) >= 11 is 0. The average molecular weight is 315 g/mol. The van der Waals surface area contributed by atoms with Crippen LogP contribution in [0.1, 0.15) is 25.3 Å². The molecule has 1 amide bonds. The second kappa shape index (κ2) is 12.6. The van der Waals surface area contributed by atoms with Crippen LogP contribution >= 0.6 is 12.4 Å². The molecule has 0 aromatic heterocycles. The van der Waals surface area contributed by atoms with E-state index < -0.39 is 0 Å². The summed E-state index contributed by atoms with van der Waals surface area (Å²) in [6.45, 7) is 4.92. The molecule has 1 unspecified atom stereocenters. The van der Waals surface area contributed by atoms with E-state index in [9.17, 15) is 4.79 Å². The van der Waals surface area contributed by atoms with Gasteiger partial charge in [0.15, 0.2) is 0 Å². The first-order valence-corrected chi connectivity index (χ1v) is 7.25. The van der Waals surface area contributed by atoms with Crippen LogP contribution in [0.4, 0.5) is 0 Å². The molecule has 1 aromatic carbocycles. The molecule has 0 aliphatic carbocycles. The maximum absolute atomic E-state index is 11.5. The number of ether oxygens (including phenoxy) is 1. The Kier molecular flexibility index (Phi) is 12.0. The van der Waals surface area contributed by atoms with Crippen LogP contribution in [0.5, 0.6) is 0 Å². The summed E-state index contributed by atoms with van der Waals surface area (Å²) in [5.41, 5.74) is 1.18. The van der Waals surface area contributed by atoms with Gasteiger partial charge in [0.05, 0.1) is 13.2 Å². The summed E-state index contributed by atoms with van der Waals surface area (Å²) < 4.78 is 5.65. The molecule has 4 nitrogen and oxygen atoms in total. The lowest BCUT2D eigenvalue weighted by Crippen LogP contribution is -2.30. The van der Waals surface area contributed by atoms with Crippen molar-refractivity contribution in [3.63, 3.8) is 0 Å². The first-order valence-electron chi connectivity index (χ1n) is 7.25. The molecule has 1 aromatic rings. The second-order valence-electron chi connectivity index (χ2n) is 5.12. The summed E-state index contributed by atoms with van der Waals surface area (Å²) in [5, 5.41) is 5.97. The Morgan fingerprint density at radius 3 is 2.67 bits per heavy atom. The van der Waals surface area contributed by atoms with Gasteiger partial charge in [-0.2, -0.15) is 0 Å². The molecule has 0 aliphatic rings. The van der Waals surface area contributed by atoms with Crippen LogP contribution < -0.4 is 10.6 Å². The molecule has 2 N–H and O–H groups in total. The molecule has 0 saturated heterocycles. The second-order valence-corrected chi connectivity index (χ2v) is 5.12. The molecule has 0 radical (unpaired) electrons. The van der Waals surface area contributed by atoms with E-state index in [2.05, 4.69) is 17.6 Å². The van der Waals surface area contributed by atoms with Crippen molar-refractivity contribution in [3.05, 3.63) is 35.9 Å². The average Bonchev–Trinajstić information content (AvgIpc) is 2.46. The smallest absolute Gasteiger partial charge is 0.220 e. The van der Waals surface area contributed by atoms with Gasteiger partial charge in [-0.3, -0.25) is 4.79 Å². The highest BCUT2D eigenvalue weighted by molar-refractivity contribution is 5.85. The monoisotopic (exact) mass is 314 g/mol. The minimum Gasteiger partial charge on any atom is -0.376 e. The van der Waals surface area contributed by atoms with Crippen LogP contribution in [0.25, 0.3) is 0 Å². The largest absolute Gasteiger partial charge is 0.376 e. The van der Waals surface area contributed by atoms with Gasteiger partial charge in [-0.1, -0.05) is 37.3 Å². The van der Waals surface area contributed by atoms with E-state index in [0.717, 1.165) is 13.0 Å². The normalized spacial score (nSPS) is 11.5. The Balaban J connectivity index is 0.00000400. The summed E-state index contributed by atoms with van der Waals surface area (Å²) in [6, 6.07) is 10.1. The van der Waals surface area contributed by atoms with E-state index in [0.29, 0.717) is 32.1 Å². The highest BCUT2D eigenvalue weighted by Crippen LogP contribution is 2.03. The maximum Gasteiger partial charge on any atom is 0.220 e. The molecule has 21 heavy (non-hydrogen) atoms. The van der Waals surface area contributed by atoms with Crippen molar-refractivity contribution >= 4 is 18.3 Å². The highest BCUT2D eigenvalue weighted by atomic mass is 35.5. The molecule has 120 valence electrons. The van der Waals surface area contributed by atoms with Crippen LogP contribution in [0, 0.1) is 5.92 Å². The fraction of sp³-hybridized carbons (Fsp3) is 0.562. The number of carbonyl (C=O) groups excluding carboxylic acids is 1. The van der Waals surface area contributed by atoms with Crippen molar-refractivity contribution in [1.29, 1.82) is 0 Å². The fourth-order valence-corrected chi connectivity index (χ4v) is 1.81. The first kappa shape index (κ1) is 19.9. The quantitative estimate of drug-likeness (QED) is 0.652. The summed E-state index contributed by atoms with van der Waals surface area (Å²) in [7, 11) is 1.89. The van der Waals surface area contributed by atoms with Crippen LogP contribution in [-0.4, -0.2) is 32.7 Å². The van der Waals surface area contributed by atoms with Crippen molar-refractivity contribution in [2.75, 3.05) is 26.7 Å². The minimum absolute atomic E-state index is 0. The fourth-order valence-electron chi connectivity index (χ4n) is 1.81. The van der Waals surface area contributed by atoms with E-state index in [-0.39, 0.29) is 18.3 Å². The Morgan fingerprint density at radius 2 is 2.00 bits per heavy atom. The van der Waals surface area contributed by atoms with Gasteiger partial charge in [-0.25, -0.2) is 0 Å². The number of amides is 1. The lowest BCUT2D eigenvalue weighted by atomic mass is 10.2. The number of carbonyl (C=O) groups is 1. The third-order valence-corrected chi connectivity index (χ3v) is 2.99. The summed E-state index contributed by atoms with van der Waals surface area (Å²) in [4.78, 5) is 11.5. The van der Waals surface area contributed by atoms with Crippen molar-refractivity contribution in [2.24, 2.45) is 5.92 Å². The first-order chi connectivity index (χ1) is 9.72. The number of rotatable bonds is 10. The number of benzene rings is 1. The molecular formula is C16H27ClN2O2. The van der Waals surface area contributed by atoms with Gasteiger partial charge in [-0.05, 0) is 31.5 Å². The summed E-state index contributed by atoms with van der Waals surface area (Å²) in [6.07, 6.45) is 1.46. The molecule has 0 fully saturated rings. The lowest BCUT2D eigenvalue weighted by molar-refractivity contribution is -0.121. The van der Waals surface area contributed by atoms with Crippen LogP contribution in [-0.2, 0) is 16.1 Å². The molecule has 5 heteroatoms. The third kappa shape index (κ3) is 10.3. The number of hydrogen-bond acceptors (Lipinski definition) is 3. The molecule has 1 atom stereocenters. The van der Waals surface area contributed by atoms with Crippen molar-refractivity contribution in [3.8, 4) is 0 Å². The minimum atomic E-state index is 0. The molecule has 0 aliphatic heterocycles. The zero-order valence-electron chi connectivity index (χ0n) is 12.9. The van der Waals surface area contributed by atoms with Crippen molar-refractivity contribution < 1.29 is 9.53 Å². The van der Waals surface area contributed by atoms with E-state index in [1.54, 1.807) is 0 Å². The Hall–Kier alpha value is -1.10. The van der Waals surface area contributed by atoms with Crippen molar-refractivity contribution in [1.82, 2.24) is 10.6 Å². The molecule has 0 heterocycles. The lowest BCUT2D eigenvalue weighted by Gasteiger charge is -2.13. The Morgan fingerprint density at radius 1 is 1.29 bits per heavy atom. The van der Waals surface area contributed by atoms with Gasteiger partial charge in [0.25, 0.3) is 0 Å². The summed E-state index contributed by atoms with van der Waals surface area (Å²) in [5.74, 6) is 0.446. The van der Waals surface area contributed by atoms with Crippen LogP contribution in [0.3, 0.4) is 0 Å². The van der Waals surface area contributed by atoms with Gasteiger partial charge < -0.3 is 15.4 Å². The standard InChI is InChI=1S/C16H26N2O2.ClH/c1-14(11-18-16(19)9-6-10-17-2)12-20-13-15-7-4-3-5-8-15;/h3-5,7-8,14,17H,6,9-13H2,1-2H3,(H,18,19);1H. The maximum atomic E-state index is 11.5. The number of hydrogen-bond donors (Lipinski definition) is 2. The van der Waals surface area contributed by atoms with Gasteiger partial charge in [0.2, 0.25) is 5.91 Å². The highest BCUT2D eigenvalue weighted by Gasteiger charge is 2.05. The van der Waals surface area contributed by atoms with E-state index in [1.165, 1.54) is 5.56 Å². The predicted octanol–water partition coefficient (Wildman–Crippen LogP) is 2.38. The Bertz CT molecular complexity index is 374. The third-order valence-electron chi connectivity index (χ3n) is 2.99. The number of halogens is 1. The molecular weight excluding hydrogens is 288 g/mol. The van der Waals surface area contributed by atoms with Crippen LogP contribution in [0.15, 0.2) is 30.3 Å². The van der Waals surface area contributed by atoms with Gasteiger partial charge in [0.1, 0.15) is 0 Å². The van der Waals surface area contributed by atoms with E-state index >= 15 is 0 Å². The topological polar surface area (TPSA) is 50.4 Å². The van der Waals surface area contributed by atoms with Crippen molar-refractivity contribution in [2.45, 2.75) is 26.4 Å². The zero-order valence-corrected chi connectivity index (χ0v) is 13.7. The molecule has 0 bridgehead atoms.